The summed E-state index contributed by atoms with van der Waals surface area (Å²) >= 11 is 0. The smallest absolute Gasteiger partial charge is 0.273 e. The Bertz CT molecular complexity index is 1170. The molecule has 0 radical (unpaired) electrons. The fraction of sp³-hybridized carbons (Fsp3) is 0.370. The number of carbonyl (C=O) groups is 2. The molecule has 0 spiro atoms. The van der Waals surface area contributed by atoms with Crippen LogP contribution in [-0.2, 0) is 22.6 Å². The van der Waals surface area contributed by atoms with Crippen LogP contribution in [0.3, 0.4) is 0 Å². The predicted molar refractivity (Wildman–Crippen MR) is 130 cm³/mol. The Hall–Kier alpha value is -3.65. The van der Waals surface area contributed by atoms with Gasteiger partial charge in [-0.25, -0.2) is 4.98 Å². The molecule has 2 aromatic carbocycles. The fourth-order valence-corrected chi connectivity index (χ4v) is 4.25. The van der Waals surface area contributed by atoms with Gasteiger partial charge in [0.05, 0.1) is 12.6 Å². The summed E-state index contributed by atoms with van der Waals surface area (Å²) in [5.41, 5.74) is 4.71. The van der Waals surface area contributed by atoms with E-state index in [1.54, 1.807) is 7.11 Å². The number of carbonyl (C=O) groups excluding carboxylic acids is 2. The van der Waals surface area contributed by atoms with Crippen molar-refractivity contribution in [2.24, 2.45) is 0 Å². The first-order valence-electron chi connectivity index (χ1n) is 11.8. The third-order valence-corrected chi connectivity index (χ3v) is 6.10. The molecule has 2 heterocycles. The SMILES string of the molecule is CCC(=O)N1CCc2ccc(OCc3nc(C(=O)NCCOC)co3)cc2C1c1ccc(C)cc1. The Morgan fingerprint density at radius 1 is 1.20 bits per heavy atom. The minimum atomic E-state index is -0.326. The van der Waals surface area contributed by atoms with Gasteiger partial charge in [-0.2, -0.15) is 0 Å². The third-order valence-electron chi connectivity index (χ3n) is 6.10. The lowest BCUT2D eigenvalue weighted by Crippen LogP contribution is -2.40. The number of fused-ring (bicyclic) bond motifs is 1. The molecule has 1 aliphatic rings. The molecule has 0 aliphatic carbocycles. The van der Waals surface area contributed by atoms with Gasteiger partial charge in [0.1, 0.15) is 12.0 Å². The molecule has 35 heavy (non-hydrogen) atoms. The van der Waals surface area contributed by atoms with E-state index in [9.17, 15) is 9.59 Å². The lowest BCUT2D eigenvalue weighted by Gasteiger charge is -2.38. The summed E-state index contributed by atoms with van der Waals surface area (Å²) < 4.78 is 16.3. The number of benzene rings is 2. The van der Waals surface area contributed by atoms with Crippen LogP contribution in [0.4, 0.5) is 0 Å². The number of ether oxygens (including phenoxy) is 2. The molecule has 0 bridgehead atoms. The van der Waals surface area contributed by atoms with Crippen LogP contribution in [0.15, 0.2) is 53.1 Å². The molecule has 1 unspecified atom stereocenters. The van der Waals surface area contributed by atoms with Crippen LogP contribution < -0.4 is 10.1 Å². The molecule has 8 heteroatoms. The quantitative estimate of drug-likeness (QED) is 0.471. The number of hydrogen-bond donors (Lipinski definition) is 1. The van der Waals surface area contributed by atoms with Crippen molar-refractivity contribution in [1.82, 2.24) is 15.2 Å². The summed E-state index contributed by atoms with van der Waals surface area (Å²) in [7, 11) is 1.57. The minimum Gasteiger partial charge on any atom is -0.484 e. The second-order valence-corrected chi connectivity index (χ2v) is 8.53. The normalized spacial score (nSPS) is 14.9. The van der Waals surface area contributed by atoms with Gasteiger partial charge in [0.2, 0.25) is 11.8 Å². The van der Waals surface area contributed by atoms with E-state index in [0.29, 0.717) is 37.8 Å². The first-order chi connectivity index (χ1) is 17.0. The zero-order valence-corrected chi connectivity index (χ0v) is 20.4. The molecule has 1 aromatic heterocycles. The minimum absolute atomic E-state index is 0.0803. The van der Waals surface area contributed by atoms with Crippen LogP contribution in [0.25, 0.3) is 0 Å². The van der Waals surface area contributed by atoms with Gasteiger partial charge in [0.25, 0.3) is 5.91 Å². The highest BCUT2D eigenvalue weighted by molar-refractivity contribution is 5.91. The van der Waals surface area contributed by atoms with Gasteiger partial charge in [-0.1, -0.05) is 42.8 Å². The van der Waals surface area contributed by atoms with Crippen molar-refractivity contribution in [3.8, 4) is 5.75 Å². The number of methoxy groups -OCH3 is 1. The molecular formula is C27H31N3O5. The number of rotatable bonds is 9. The Morgan fingerprint density at radius 2 is 2.00 bits per heavy atom. The predicted octanol–water partition coefficient (Wildman–Crippen LogP) is 3.82. The molecule has 2 amide bonds. The zero-order valence-electron chi connectivity index (χ0n) is 20.4. The van der Waals surface area contributed by atoms with Gasteiger partial charge in [0, 0.05) is 26.6 Å². The van der Waals surface area contributed by atoms with E-state index in [1.807, 2.05) is 24.0 Å². The van der Waals surface area contributed by atoms with E-state index in [0.717, 1.165) is 17.5 Å². The van der Waals surface area contributed by atoms with Crippen molar-refractivity contribution in [2.75, 3.05) is 26.8 Å². The van der Waals surface area contributed by atoms with Crippen LogP contribution in [0.5, 0.6) is 5.75 Å². The molecule has 1 atom stereocenters. The van der Waals surface area contributed by atoms with Crippen molar-refractivity contribution < 1.29 is 23.5 Å². The monoisotopic (exact) mass is 477 g/mol. The van der Waals surface area contributed by atoms with E-state index < -0.39 is 0 Å². The largest absolute Gasteiger partial charge is 0.484 e. The maximum Gasteiger partial charge on any atom is 0.273 e. The maximum absolute atomic E-state index is 12.8. The van der Waals surface area contributed by atoms with Crippen molar-refractivity contribution in [1.29, 1.82) is 0 Å². The van der Waals surface area contributed by atoms with Gasteiger partial charge in [0.15, 0.2) is 12.3 Å². The summed E-state index contributed by atoms with van der Waals surface area (Å²) in [5.74, 6) is 0.754. The lowest BCUT2D eigenvalue weighted by molar-refractivity contribution is -0.132. The highest BCUT2D eigenvalue weighted by Crippen LogP contribution is 2.37. The molecule has 1 N–H and O–H groups in total. The molecular weight excluding hydrogens is 446 g/mol. The number of aromatic nitrogens is 1. The molecule has 1 aliphatic heterocycles. The van der Waals surface area contributed by atoms with E-state index in [1.165, 1.54) is 17.4 Å². The number of oxazole rings is 1. The Labute approximate surface area is 205 Å². The zero-order chi connectivity index (χ0) is 24.8. The van der Waals surface area contributed by atoms with E-state index in [2.05, 4.69) is 47.6 Å². The molecule has 0 saturated carbocycles. The first-order valence-corrected chi connectivity index (χ1v) is 11.8. The van der Waals surface area contributed by atoms with Crippen molar-refractivity contribution in [3.05, 3.63) is 82.6 Å². The Morgan fingerprint density at radius 3 is 2.74 bits per heavy atom. The maximum atomic E-state index is 12.8. The highest BCUT2D eigenvalue weighted by atomic mass is 16.5. The summed E-state index contributed by atoms with van der Waals surface area (Å²) in [6.07, 6.45) is 2.57. The molecule has 3 aromatic rings. The second-order valence-electron chi connectivity index (χ2n) is 8.53. The molecule has 4 rings (SSSR count). The van der Waals surface area contributed by atoms with Gasteiger partial charge < -0.3 is 24.1 Å². The van der Waals surface area contributed by atoms with Crippen LogP contribution in [-0.4, -0.2) is 48.5 Å². The van der Waals surface area contributed by atoms with Crippen LogP contribution in [0, 0.1) is 6.92 Å². The Balaban J connectivity index is 1.52. The average Bonchev–Trinajstić information content (AvgIpc) is 3.36. The second kappa shape index (κ2) is 11.2. The van der Waals surface area contributed by atoms with Crippen LogP contribution in [0.2, 0.25) is 0 Å². The van der Waals surface area contributed by atoms with E-state index in [-0.39, 0.29) is 30.2 Å². The van der Waals surface area contributed by atoms with Gasteiger partial charge in [-0.3, -0.25) is 9.59 Å². The van der Waals surface area contributed by atoms with Crippen molar-refractivity contribution in [2.45, 2.75) is 39.3 Å². The number of aryl methyl sites for hydroxylation is 1. The van der Waals surface area contributed by atoms with Gasteiger partial charge in [-0.15, -0.1) is 0 Å². The van der Waals surface area contributed by atoms with E-state index in [4.69, 9.17) is 13.9 Å². The summed E-state index contributed by atoms with van der Waals surface area (Å²) in [5, 5.41) is 2.70. The molecule has 0 saturated heterocycles. The number of amides is 2. The average molecular weight is 478 g/mol. The lowest BCUT2D eigenvalue weighted by atomic mass is 9.87. The Kier molecular flexibility index (Phi) is 7.82. The van der Waals surface area contributed by atoms with Crippen LogP contribution in [0.1, 0.15) is 58.0 Å². The highest BCUT2D eigenvalue weighted by Gasteiger charge is 2.31. The summed E-state index contributed by atoms with van der Waals surface area (Å²) in [4.78, 5) is 31.1. The molecule has 0 fully saturated rings. The summed E-state index contributed by atoms with van der Waals surface area (Å²) in [6, 6.07) is 14.1. The summed E-state index contributed by atoms with van der Waals surface area (Å²) in [6.45, 7) is 5.52. The van der Waals surface area contributed by atoms with Gasteiger partial charge in [-0.05, 0) is 42.2 Å². The topological polar surface area (TPSA) is 93.9 Å². The molecule has 184 valence electrons. The fourth-order valence-electron chi connectivity index (χ4n) is 4.25. The first kappa shape index (κ1) is 24.5. The van der Waals surface area contributed by atoms with Crippen molar-refractivity contribution in [3.63, 3.8) is 0 Å². The van der Waals surface area contributed by atoms with Crippen LogP contribution >= 0.6 is 0 Å². The number of nitrogens with zero attached hydrogens (tertiary/aromatic N) is 2. The molecule has 8 nitrogen and oxygen atoms in total. The van der Waals surface area contributed by atoms with Gasteiger partial charge >= 0.3 is 0 Å². The van der Waals surface area contributed by atoms with E-state index >= 15 is 0 Å². The third kappa shape index (κ3) is 5.71. The van der Waals surface area contributed by atoms with Crippen molar-refractivity contribution >= 4 is 11.8 Å². The number of nitrogens with one attached hydrogen (secondary N) is 1. The number of hydrogen-bond acceptors (Lipinski definition) is 6. The standard InChI is InChI=1S/C27H31N3O5/c1-4-25(31)30-13-11-19-9-10-21(15-22(19)26(30)20-7-5-18(2)6-8-20)34-17-24-29-23(16-35-24)27(32)28-12-14-33-3/h5-10,15-16,26H,4,11-14,17H2,1-3H3,(H,28,32).